The predicted molar refractivity (Wildman–Crippen MR) is 76.3 cm³/mol. The number of carbonyl (C=O) groups is 1. The third-order valence-electron chi connectivity index (χ3n) is 2.82. The molecular weight excluding hydrogens is 256 g/mol. The Morgan fingerprint density at radius 1 is 1.35 bits per heavy atom. The van der Waals surface area contributed by atoms with Gasteiger partial charge in [-0.05, 0) is 44.5 Å². The Kier molecular flexibility index (Phi) is 3.61. The van der Waals surface area contributed by atoms with E-state index in [9.17, 15) is 15.0 Å². The fourth-order valence-corrected chi connectivity index (χ4v) is 1.93. The van der Waals surface area contributed by atoms with Crippen LogP contribution in [0.4, 0.5) is 0 Å². The summed E-state index contributed by atoms with van der Waals surface area (Å²) in [4.78, 5) is 11.3. The van der Waals surface area contributed by atoms with E-state index < -0.39 is 5.97 Å². The van der Waals surface area contributed by atoms with Crippen molar-refractivity contribution in [1.82, 2.24) is 9.78 Å². The summed E-state index contributed by atoms with van der Waals surface area (Å²) < 4.78 is 1.44. The van der Waals surface area contributed by atoms with Gasteiger partial charge in [-0.3, -0.25) is 0 Å². The maximum atomic E-state index is 11.3. The third kappa shape index (κ3) is 2.56. The van der Waals surface area contributed by atoms with E-state index in [2.05, 4.69) is 5.10 Å². The molecule has 0 saturated heterocycles. The monoisotopic (exact) mass is 272 g/mol. The lowest BCUT2D eigenvalue weighted by molar-refractivity contribution is 0.0696. The molecule has 20 heavy (non-hydrogen) atoms. The Hall–Kier alpha value is -2.56. The van der Waals surface area contributed by atoms with Crippen LogP contribution in [0.25, 0.3) is 11.8 Å². The summed E-state index contributed by atoms with van der Waals surface area (Å²) in [6.45, 7) is 5.64. The van der Waals surface area contributed by atoms with E-state index >= 15 is 0 Å². The quantitative estimate of drug-likeness (QED) is 0.900. The van der Waals surface area contributed by atoms with Crippen LogP contribution in [0.1, 0.15) is 35.5 Å². The topological polar surface area (TPSA) is 75.3 Å². The van der Waals surface area contributed by atoms with E-state index in [0.717, 1.165) is 11.1 Å². The second kappa shape index (κ2) is 5.21. The summed E-state index contributed by atoms with van der Waals surface area (Å²) in [5.41, 5.74) is 2.91. The van der Waals surface area contributed by atoms with Gasteiger partial charge >= 0.3 is 5.97 Å². The van der Waals surface area contributed by atoms with Gasteiger partial charge in [0.1, 0.15) is 17.0 Å². The molecule has 2 aromatic rings. The van der Waals surface area contributed by atoms with Gasteiger partial charge in [0.05, 0.1) is 11.9 Å². The lowest BCUT2D eigenvalue weighted by Gasteiger charge is -2.09. The molecule has 0 fully saturated rings. The smallest absolute Gasteiger partial charge is 0.339 e. The highest BCUT2D eigenvalue weighted by Gasteiger charge is 2.17. The van der Waals surface area contributed by atoms with Crippen molar-refractivity contribution in [3.63, 3.8) is 0 Å². The summed E-state index contributed by atoms with van der Waals surface area (Å²) in [6, 6.07) is 5.11. The van der Waals surface area contributed by atoms with Gasteiger partial charge in [-0.1, -0.05) is 11.6 Å². The number of carboxylic acids is 1. The van der Waals surface area contributed by atoms with E-state index in [1.165, 1.54) is 10.9 Å². The Morgan fingerprint density at radius 2 is 2.05 bits per heavy atom. The van der Waals surface area contributed by atoms with Crippen molar-refractivity contribution in [2.24, 2.45) is 0 Å². The second-order valence-corrected chi connectivity index (χ2v) is 4.87. The van der Waals surface area contributed by atoms with Crippen LogP contribution in [0.5, 0.6) is 5.75 Å². The maximum absolute atomic E-state index is 11.3. The number of aromatic carboxylic acids is 1. The Morgan fingerprint density at radius 3 is 2.65 bits per heavy atom. The summed E-state index contributed by atoms with van der Waals surface area (Å²) in [5.74, 6) is -0.991. The molecule has 0 saturated carbocycles. The first-order chi connectivity index (χ1) is 9.40. The van der Waals surface area contributed by atoms with Crippen LogP contribution < -0.4 is 0 Å². The molecule has 0 aliphatic rings. The van der Waals surface area contributed by atoms with Crippen molar-refractivity contribution in [3.05, 3.63) is 46.8 Å². The minimum Gasteiger partial charge on any atom is -0.506 e. The van der Waals surface area contributed by atoms with Gasteiger partial charge < -0.3 is 10.2 Å². The number of phenols is 1. The van der Waals surface area contributed by atoms with Gasteiger partial charge in [-0.25, -0.2) is 9.48 Å². The van der Waals surface area contributed by atoms with Crippen LogP contribution in [0.3, 0.4) is 0 Å². The number of nitrogens with zero attached hydrogens (tertiary/aromatic N) is 2. The predicted octanol–water partition coefficient (Wildman–Crippen LogP) is 3.01. The number of aromatic hydroxyl groups is 1. The molecule has 2 rings (SSSR count). The average molecular weight is 272 g/mol. The highest BCUT2D eigenvalue weighted by atomic mass is 16.4. The number of carboxylic acid groups (broad SMARTS) is 1. The third-order valence-corrected chi connectivity index (χ3v) is 2.82. The fraction of sp³-hybridized carbons (Fsp3) is 0.200. The van der Waals surface area contributed by atoms with E-state index in [4.69, 9.17) is 0 Å². The fourth-order valence-electron chi connectivity index (χ4n) is 1.93. The molecule has 0 aliphatic heterocycles. The van der Waals surface area contributed by atoms with E-state index in [1.54, 1.807) is 24.3 Å². The molecule has 0 aliphatic carbocycles. The first-order valence-corrected chi connectivity index (χ1v) is 6.16. The van der Waals surface area contributed by atoms with Crippen molar-refractivity contribution >= 4 is 12.0 Å². The van der Waals surface area contributed by atoms with Crippen LogP contribution in [0, 0.1) is 6.92 Å². The van der Waals surface area contributed by atoms with Crippen LogP contribution in [-0.4, -0.2) is 26.0 Å². The molecule has 0 radical (unpaired) electrons. The zero-order valence-corrected chi connectivity index (χ0v) is 11.6. The molecule has 0 unspecified atom stereocenters. The van der Waals surface area contributed by atoms with Gasteiger partial charge in [0.2, 0.25) is 0 Å². The molecular formula is C15H16N2O3. The molecule has 5 nitrogen and oxygen atoms in total. The highest BCUT2D eigenvalue weighted by molar-refractivity contribution is 5.91. The first kappa shape index (κ1) is 13.9. The van der Waals surface area contributed by atoms with Crippen molar-refractivity contribution in [1.29, 1.82) is 0 Å². The lowest BCUT2D eigenvalue weighted by atomic mass is 10.1. The summed E-state index contributed by atoms with van der Waals surface area (Å²) in [7, 11) is 0. The van der Waals surface area contributed by atoms with Gasteiger partial charge in [-0.15, -0.1) is 0 Å². The van der Waals surface area contributed by atoms with Crippen LogP contribution in [0.2, 0.25) is 0 Å². The van der Waals surface area contributed by atoms with Crippen molar-refractivity contribution in [2.45, 2.75) is 20.8 Å². The molecule has 1 aromatic carbocycles. The Labute approximate surface area is 116 Å². The molecule has 1 aromatic heterocycles. The van der Waals surface area contributed by atoms with Gasteiger partial charge in [0.25, 0.3) is 0 Å². The minimum absolute atomic E-state index is 0.0547. The van der Waals surface area contributed by atoms with Crippen molar-refractivity contribution in [2.75, 3.05) is 0 Å². The largest absolute Gasteiger partial charge is 0.506 e. The molecule has 104 valence electrons. The van der Waals surface area contributed by atoms with Crippen molar-refractivity contribution < 1.29 is 15.0 Å². The summed E-state index contributed by atoms with van der Waals surface area (Å²) in [5, 5.41) is 23.3. The van der Waals surface area contributed by atoms with Gasteiger partial charge in [0, 0.05) is 0 Å². The SMILES string of the molecule is CC(C)=Cc1c(C(=O)O)cnn1-c1cc(C)ccc1O. The van der Waals surface area contributed by atoms with Crippen LogP contribution in [0.15, 0.2) is 30.0 Å². The number of aryl methyl sites for hydroxylation is 1. The zero-order chi connectivity index (χ0) is 14.9. The standard InChI is InChI=1S/C15H16N2O3/c1-9(2)6-12-11(15(19)20)8-16-17(12)13-7-10(3)4-5-14(13)18/h4-8,18H,1-3H3,(H,19,20). The maximum Gasteiger partial charge on any atom is 0.339 e. The number of allylic oxidation sites excluding steroid dienone is 1. The first-order valence-electron chi connectivity index (χ1n) is 6.16. The molecule has 0 amide bonds. The number of hydrogen-bond donors (Lipinski definition) is 2. The van der Waals surface area contributed by atoms with E-state index in [-0.39, 0.29) is 11.3 Å². The van der Waals surface area contributed by atoms with Crippen LogP contribution >= 0.6 is 0 Å². The number of benzene rings is 1. The second-order valence-electron chi connectivity index (χ2n) is 4.87. The van der Waals surface area contributed by atoms with Gasteiger partial charge in [-0.2, -0.15) is 5.10 Å². The summed E-state index contributed by atoms with van der Waals surface area (Å²) >= 11 is 0. The molecule has 1 heterocycles. The summed E-state index contributed by atoms with van der Waals surface area (Å²) in [6.07, 6.45) is 3.02. The highest BCUT2D eigenvalue weighted by Crippen LogP contribution is 2.26. The molecule has 0 spiro atoms. The van der Waals surface area contributed by atoms with E-state index in [0.29, 0.717) is 11.4 Å². The van der Waals surface area contributed by atoms with Gasteiger partial charge in [0.15, 0.2) is 0 Å². The average Bonchev–Trinajstić information content (AvgIpc) is 2.75. The number of hydrogen-bond acceptors (Lipinski definition) is 3. The number of aromatic nitrogens is 2. The number of rotatable bonds is 3. The molecule has 0 bridgehead atoms. The minimum atomic E-state index is -1.05. The molecule has 5 heteroatoms. The van der Waals surface area contributed by atoms with Crippen LogP contribution in [-0.2, 0) is 0 Å². The lowest BCUT2D eigenvalue weighted by Crippen LogP contribution is -2.03. The molecule has 2 N–H and O–H groups in total. The Balaban J connectivity index is 2.71. The Bertz CT molecular complexity index is 695. The zero-order valence-electron chi connectivity index (χ0n) is 11.6. The molecule has 0 atom stereocenters. The normalized spacial score (nSPS) is 10.3. The van der Waals surface area contributed by atoms with E-state index in [1.807, 2.05) is 20.8 Å². The number of phenolic OH excluding ortho intramolecular Hbond substituents is 1. The van der Waals surface area contributed by atoms with Crippen molar-refractivity contribution in [3.8, 4) is 11.4 Å².